The van der Waals surface area contributed by atoms with Crippen LogP contribution < -0.4 is 10.6 Å². The summed E-state index contributed by atoms with van der Waals surface area (Å²) < 4.78 is 62.1. The van der Waals surface area contributed by atoms with Gasteiger partial charge in [0.2, 0.25) is 11.7 Å². The van der Waals surface area contributed by atoms with Crippen molar-refractivity contribution in [3.05, 3.63) is 65.7 Å². The molecule has 9 nitrogen and oxygen atoms in total. The summed E-state index contributed by atoms with van der Waals surface area (Å²) in [5.41, 5.74) is 3.22. The molecule has 2 atom stereocenters. The van der Waals surface area contributed by atoms with Crippen molar-refractivity contribution < 1.29 is 26.9 Å². The van der Waals surface area contributed by atoms with Crippen molar-refractivity contribution in [3.63, 3.8) is 0 Å². The van der Waals surface area contributed by atoms with Crippen LogP contribution in [0.3, 0.4) is 0 Å². The van der Waals surface area contributed by atoms with Crippen LogP contribution in [0.5, 0.6) is 0 Å². The van der Waals surface area contributed by atoms with Crippen molar-refractivity contribution >= 4 is 33.4 Å². The molecule has 1 saturated heterocycles. The Hall–Kier alpha value is -4.39. The van der Waals surface area contributed by atoms with E-state index in [1.807, 2.05) is 31.1 Å². The highest BCUT2D eigenvalue weighted by molar-refractivity contribution is 5.98. The number of aromatic amines is 1. The lowest BCUT2D eigenvalue weighted by molar-refractivity contribution is -0.139. The number of nitrogens with one attached hydrogen (secondary N) is 3. The molecule has 0 radical (unpaired) electrons. The second-order valence-electron chi connectivity index (χ2n) is 10.7. The third-order valence-corrected chi connectivity index (χ3v) is 7.62. The number of H-pyrrole nitrogens is 1. The van der Waals surface area contributed by atoms with Crippen molar-refractivity contribution in [1.29, 1.82) is 0 Å². The molecule has 3 aromatic heterocycles. The Kier molecular flexibility index (Phi) is 7.13. The standard InChI is InChI=1S/C29H29F4N7O2/c1-16-12-34-23-10-17(6-7-18(16)23)28(41)35-13-26-37-27(38-42-26)25-11-19-21(36-22-8-9-39(2)14-20(22)30)4-3-5-24(19)40(25)15-29(31,32)33/h3-7,10-12,20,22,34,36H,8-9,13-15H2,1-2H3,(H,35,41)/t20-,22+/m0/s1. The van der Waals surface area contributed by atoms with Crippen LogP contribution in [-0.2, 0) is 13.1 Å². The lowest BCUT2D eigenvalue weighted by Gasteiger charge is -2.33. The second-order valence-corrected chi connectivity index (χ2v) is 10.7. The molecule has 13 heteroatoms. The average molecular weight is 584 g/mol. The maximum atomic E-state index is 14.7. The van der Waals surface area contributed by atoms with Crippen LogP contribution in [-0.4, -0.2) is 69.0 Å². The lowest BCUT2D eigenvalue weighted by atomic mass is 10.0. The van der Waals surface area contributed by atoms with Gasteiger partial charge in [-0.25, -0.2) is 4.39 Å². The van der Waals surface area contributed by atoms with Crippen LogP contribution in [0.25, 0.3) is 33.3 Å². The maximum Gasteiger partial charge on any atom is 0.406 e. The number of carbonyl (C=O) groups excluding carboxylic acids is 1. The molecule has 0 spiro atoms. The van der Waals surface area contributed by atoms with Crippen LogP contribution in [0.4, 0.5) is 23.2 Å². The van der Waals surface area contributed by atoms with E-state index in [1.54, 1.807) is 36.4 Å². The van der Waals surface area contributed by atoms with E-state index < -0.39 is 24.9 Å². The van der Waals surface area contributed by atoms with Crippen LogP contribution >= 0.6 is 0 Å². The van der Waals surface area contributed by atoms with Gasteiger partial charge in [0.05, 0.1) is 23.8 Å². The number of halogens is 4. The number of benzene rings is 2. The minimum Gasteiger partial charge on any atom is -0.379 e. The largest absolute Gasteiger partial charge is 0.406 e. The van der Waals surface area contributed by atoms with Gasteiger partial charge >= 0.3 is 6.18 Å². The van der Waals surface area contributed by atoms with Gasteiger partial charge in [-0.15, -0.1) is 0 Å². The summed E-state index contributed by atoms with van der Waals surface area (Å²) in [6.45, 7) is 1.55. The number of piperidine rings is 1. The van der Waals surface area contributed by atoms with Crippen molar-refractivity contribution in [3.8, 4) is 11.5 Å². The zero-order valence-corrected chi connectivity index (χ0v) is 22.9. The molecule has 6 rings (SSSR count). The lowest BCUT2D eigenvalue weighted by Crippen LogP contribution is -2.46. The van der Waals surface area contributed by atoms with Gasteiger partial charge < -0.3 is 29.6 Å². The number of nitrogens with zero attached hydrogens (tertiary/aromatic N) is 4. The molecule has 0 saturated carbocycles. The van der Waals surface area contributed by atoms with Crippen LogP contribution in [0.15, 0.2) is 53.2 Å². The van der Waals surface area contributed by atoms with E-state index in [0.717, 1.165) is 21.0 Å². The summed E-state index contributed by atoms with van der Waals surface area (Å²) in [6.07, 6.45) is -3.24. The molecule has 0 bridgehead atoms. The molecule has 0 unspecified atom stereocenters. The molecule has 3 N–H and O–H groups in total. The Morgan fingerprint density at radius 1 is 1.19 bits per heavy atom. The fraction of sp³-hybridized carbons (Fsp3) is 0.345. The Bertz CT molecular complexity index is 1760. The van der Waals surface area contributed by atoms with Gasteiger partial charge in [0.1, 0.15) is 12.7 Å². The molecule has 1 aliphatic heterocycles. The van der Waals surface area contributed by atoms with Gasteiger partial charge in [0, 0.05) is 46.8 Å². The maximum absolute atomic E-state index is 14.7. The fourth-order valence-electron chi connectivity index (χ4n) is 5.47. The minimum absolute atomic E-state index is 0.0314. The highest BCUT2D eigenvalue weighted by Crippen LogP contribution is 2.35. The zero-order chi connectivity index (χ0) is 29.6. The first kappa shape index (κ1) is 27.8. The first-order valence-electron chi connectivity index (χ1n) is 13.5. The minimum atomic E-state index is -4.53. The normalized spacial score (nSPS) is 18.1. The van der Waals surface area contributed by atoms with Gasteiger partial charge in [0.25, 0.3) is 5.91 Å². The Labute approximate surface area is 237 Å². The third-order valence-electron chi connectivity index (χ3n) is 7.62. The molecule has 4 heterocycles. The number of anilines is 1. The van der Waals surface area contributed by atoms with Gasteiger partial charge in [-0.2, -0.15) is 18.2 Å². The van der Waals surface area contributed by atoms with Crippen molar-refractivity contribution in [2.75, 3.05) is 25.5 Å². The van der Waals surface area contributed by atoms with Crippen molar-refractivity contribution in [2.24, 2.45) is 0 Å². The summed E-state index contributed by atoms with van der Waals surface area (Å²) in [5.74, 6) is -0.397. The zero-order valence-electron chi connectivity index (χ0n) is 22.9. The molecular weight excluding hydrogens is 554 g/mol. The summed E-state index contributed by atoms with van der Waals surface area (Å²) in [7, 11) is 1.85. The second kappa shape index (κ2) is 10.8. The summed E-state index contributed by atoms with van der Waals surface area (Å²) >= 11 is 0. The van der Waals surface area contributed by atoms with E-state index in [0.29, 0.717) is 35.1 Å². The predicted molar refractivity (Wildman–Crippen MR) is 150 cm³/mol. The van der Waals surface area contributed by atoms with Gasteiger partial charge in [-0.1, -0.05) is 17.3 Å². The van der Waals surface area contributed by atoms with E-state index in [1.165, 1.54) is 0 Å². The molecule has 1 amide bonds. The smallest absolute Gasteiger partial charge is 0.379 e. The first-order valence-corrected chi connectivity index (χ1v) is 13.5. The summed E-state index contributed by atoms with van der Waals surface area (Å²) in [4.78, 5) is 22.0. The molecule has 220 valence electrons. The number of fused-ring (bicyclic) bond motifs is 2. The molecule has 0 aliphatic carbocycles. The summed E-state index contributed by atoms with van der Waals surface area (Å²) in [5, 5.41) is 11.3. The quantitative estimate of drug-likeness (QED) is 0.221. The SMILES string of the molecule is Cc1c[nH]c2cc(C(=O)NCc3nc(-c4cc5c(N[C@@H]6CCN(C)C[C@@H]6F)cccc5n4CC(F)(F)F)no3)ccc12. The fourth-order valence-corrected chi connectivity index (χ4v) is 5.47. The highest BCUT2D eigenvalue weighted by Gasteiger charge is 2.32. The number of hydrogen-bond donors (Lipinski definition) is 3. The molecule has 42 heavy (non-hydrogen) atoms. The van der Waals surface area contributed by atoms with E-state index >= 15 is 0 Å². The first-order chi connectivity index (χ1) is 20.1. The molecule has 2 aromatic carbocycles. The average Bonchev–Trinajstić information content (AvgIpc) is 3.66. The van der Waals surface area contributed by atoms with Crippen molar-refractivity contribution in [1.82, 2.24) is 29.9 Å². The molecular formula is C29H29F4N7O2. The van der Waals surface area contributed by atoms with E-state index in [2.05, 4.69) is 25.8 Å². The molecule has 1 fully saturated rings. The van der Waals surface area contributed by atoms with E-state index in [-0.39, 0.29) is 36.4 Å². The predicted octanol–water partition coefficient (Wildman–Crippen LogP) is 5.43. The van der Waals surface area contributed by atoms with Crippen molar-refractivity contribution in [2.45, 2.75) is 44.8 Å². The number of aromatic nitrogens is 4. The highest BCUT2D eigenvalue weighted by atomic mass is 19.4. The number of rotatable bonds is 7. The third kappa shape index (κ3) is 5.56. The monoisotopic (exact) mass is 583 g/mol. The Balaban J connectivity index is 1.26. The number of aryl methyl sites for hydroxylation is 1. The Morgan fingerprint density at radius 2 is 2.02 bits per heavy atom. The number of likely N-dealkylation sites (tertiary alicyclic amines) is 1. The van der Waals surface area contributed by atoms with Gasteiger partial charge in [-0.05, 0) is 56.3 Å². The van der Waals surface area contributed by atoms with Crippen LogP contribution in [0.2, 0.25) is 0 Å². The number of amides is 1. The molecule has 1 aliphatic rings. The van der Waals surface area contributed by atoms with Crippen LogP contribution in [0, 0.1) is 6.92 Å². The van der Waals surface area contributed by atoms with E-state index in [4.69, 9.17) is 4.52 Å². The molecule has 5 aromatic rings. The topological polar surface area (TPSA) is 104 Å². The van der Waals surface area contributed by atoms with Gasteiger partial charge in [-0.3, -0.25) is 4.79 Å². The number of alkyl halides is 4. The number of hydrogen-bond acceptors (Lipinski definition) is 6. The number of carbonyl (C=O) groups is 1. The van der Waals surface area contributed by atoms with Gasteiger partial charge in [0.15, 0.2) is 0 Å². The summed E-state index contributed by atoms with van der Waals surface area (Å²) in [6, 6.07) is 11.3. The van der Waals surface area contributed by atoms with Crippen LogP contribution in [0.1, 0.15) is 28.2 Å². The van der Waals surface area contributed by atoms with E-state index in [9.17, 15) is 22.4 Å². The Morgan fingerprint density at radius 3 is 2.81 bits per heavy atom.